The summed E-state index contributed by atoms with van der Waals surface area (Å²) in [6.07, 6.45) is 4.78. The molecule has 2 N–H and O–H groups in total. The fourth-order valence-corrected chi connectivity index (χ4v) is 2.26. The van der Waals surface area contributed by atoms with Gasteiger partial charge in [0, 0.05) is 18.8 Å². The molecule has 2 rings (SSSR count). The van der Waals surface area contributed by atoms with Crippen LogP contribution in [0.3, 0.4) is 0 Å². The molecule has 2 heterocycles. The van der Waals surface area contributed by atoms with Crippen molar-refractivity contribution >= 4 is 5.91 Å². The van der Waals surface area contributed by atoms with Crippen molar-refractivity contribution in [3.05, 3.63) is 17.5 Å². The van der Waals surface area contributed by atoms with Gasteiger partial charge < -0.3 is 10.2 Å². The average molecular weight is 250 g/mol. The van der Waals surface area contributed by atoms with E-state index in [0.717, 1.165) is 31.7 Å². The van der Waals surface area contributed by atoms with Gasteiger partial charge in [0.2, 0.25) is 0 Å². The van der Waals surface area contributed by atoms with E-state index < -0.39 is 0 Å². The molecule has 1 aliphatic heterocycles. The third-order valence-electron chi connectivity index (χ3n) is 3.41. The van der Waals surface area contributed by atoms with Crippen LogP contribution < -0.4 is 5.32 Å². The van der Waals surface area contributed by atoms with E-state index in [2.05, 4.69) is 20.4 Å². The van der Waals surface area contributed by atoms with Crippen molar-refractivity contribution in [2.24, 2.45) is 0 Å². The Hall–Kier alpha value is -1.36. The number of nitrogens with zero attached hydrogens (tertiary/aromatic N) is 2. The van der Waals surface area contributed by atoms with Crippen molar-refractivity contribution in [3.8, 4) is 0 Å². The van der Waals surface area contributed by atoms with Crippen LogP contribution in [-0.4, -0.2) is 47.2 Å². The topological polar surface area (TPSA) is 61.0 Å². The van der Waals surface area contributed by atoms with Crippen LogP contribution in [0, 0.1) is 0 Å². The molecule has 1 fully saturated rings. The lowest BCUT2D eigenvalue weighted by Crippen LogP contribution is -2.37. The predicted octanol–water partition coefficient (Wildman–Crippen LogP) is 1.19. The molecule has 1 amide bonds. The number of carbonyl (C=O) groups is 1. The van der Waals surface area contributed by atoms with Crippen LogP contribution in [0.1, 0.15) is 42.4 Å². The summed E-state index contributed by atoms with van der Waals surface area (Å²) in [5.74, 6) is -0.0806. The molecule has 1 aromatic rings. The number of aryl methyl sites for hydroxylation is 1. The van der Waals surface area contributed by atoms with Crippen LogP contribution in [-0.2, 0) is 6.42 Å². The lowest BCUT2D eigenvalue weighted by molar-refractivity contribution is 0.0941. The Morgan fingerprint density at radius 3 is 2.89 bits per heavy atom. The standard InChI is InChI=1S/C13H22N4O/c1-2-11-10-12(16-15-11)13(18)14-6-9-17-7-4-3-5-8-17/h10H,2-9H2,1H3,(H,14,18)(H,15,16). The van der Waals surface area contributed by atoms with Gasteiger partial charge in [-0.3, -0.25) is 9.89 Å². The fraction of sp³-hybridized carbons (Fsp3) is 0.692. The van der Waals surface area contributed by atoms with Gasteiger partial charge in [0.25, 0.3) is 5.91 Å². The zero-order valence-electron chi connectivity index (χ0n) is 11.0. The lowest BCUT2D eigenvalue weighted by Gasteiger charge is -2.26. The molecule has 18 heavy (non-hydrogen) atoms. The number of H-pyrrole nitrogens is 1. The molecule has 0 bridgehead atoms. The molecule has 0 atom stereocenters. The van der Waals surface area contributed by atoms with E-state index in [0.29, 0.717) is 12.2 Å². The molecule has 5 heteroatoms. The van der Waals surface area contributed by atoms with Gasteiger partial charge in [-0.1, -0.05) is 13.3 Å². The number of likely N-dealkylation sites (tertiary alicyclic amines) is 1. The second kappa shape index (κ2) is 6.54. The van der Waals surface area contributed by atoms with Gasteiger partial charge in [0.1, 0.15) is 5.69 Å². The molecule has 0 unspecified atom stereocenters. The van der Waals surface area contributed by atoms with Crippen LogP contribution >= 0.6 is 0 Å². The van der Waals surface area contributed by atoms with E-state index in [1.807, 2.05) is 13.0 Å². The SMILES string of the molecule is CCc1cc(C(=O)NCCN2CCCCC2)n[nH]1. The molecular weight excluding hydrogens is 228 g/mol. The van der Waals surface area contributed by atoms with E-state index in [9.17, 15) is 4.79 Å². The summed E-state index contributed by atoms with van der Waals surface area (Å²) in [6, 6.07) is 1.82. The maximum absolute atomic E-state index is 11.8. The van der Waals surface area contributed by atoms with Gasteiger partial charge in [-0.05, 0) is 38.4 Å². The Morgan fingerprint density at radius 1 is 1.44 bits per heavy atom. The number of piperidine rings is 1. The minimum absolute atomic E-state index is 0.0806. The number of carbonyl (C=O) groups excluding carboxylic acids is 1. The number of aromatic amines is 1. The second-order valence-electron chi connectivity index (χ2n) is 4.79. The summed E-state index contributed by atoms with van der Waals surface area (Å²) < 4.78 is 0. The number of hydrogen-bond acceptors (Lipinski definition) is 3. The maximum Gasteiger partial charge on any atom is 0.271 e. The van der Waals surface area contributed by atoms with Crippen LogP contribution in [0.15, 0.2) is 6.07 Å². The quantitative estimate of drug-likeness (QED) is 0.825. The normalized spacial score (nSPS) is 16.7. The van der Waals surface area contributed by atoms with Gasteiger partial charge in [-0.15, -0.1) is 0 Å². The Kier molecular flexibility index (Phi) is 4.75. The van der Waals surface area contributed by atoms with E-state index in [-0.39, 0.29) is 5.91 Å². The molecule has 1 aliphatic rings. The van der Waals surface area contributed by atoms with Crippen molar-refractivity contribution in [3.63, 3.8) is 0 Å². The first kappa shape index (κ1) is 13.1. The zero-order chi connectivity index (χ0) is 12.8. The van der Waals surface area contributed by atoms with E-state index in [1.165, 1.54) is 19.3 Å². The van der Waals surface area contributed by atoms with Crippen molar-refractivity contribution in [2.45, 2.75) is 32.6 Å². The van der Waals surface area contributed by atoms with Gasteiger partial charge in [0.05, 0.1) is 0 Å². The molecule has 1 aromatic heterocycles. The van der Waals surface area contributed by atoms with Crippen LogP contribution in [0.2, 0.25) is 0 Å². The number of amides is 1. The van der Waals surface area contributed by atoms with Gasteiger partial charge >= 0.3 is 0 Å². The van der Waals surface area contributed by atoms with Crippen molar-refractivity contribution < 1.29 is 4.79 Å². The third kappa shape index (κ3) is 3.57. The highest BCUT2D eigenvalue weighted by Crippen LogP contribution is 2.07. The van der Waals surface area contributed by atoms with E-state index in [1.54, 1.807) is 0 Å². The monoisotopic (exact) mass is 250 g/mol. The Morgan fingerprint density at radius 2 is 2.22 bits per heavy atom. The van der Waals surface area contributed by atoms with Crippen molar-refractivity contribution in [2.75, 3.05) is 26.2 Å². The van der Waals surface area contributed by atoms with Crippen molar-refractivity contribution in [1.29, 1.82) is 0 Å². The van der Waals surface area contributed by atoms with E-state index >= 15 is 0 Å². The molecular formula is C13H22N4O. The average Bonchev–Trinajstić information content (AvgIpc) is 2.89. The largest absolute Gasteiger partial charge is 0.349 e. The van der Waals surface area contributed by atoms with Crippen LogP contribution in [0.25, 0.3) is 0 Å². The molecule has 0 spiro atoms. The predicted molar refractivity (Wildman–Crippen MR) is 70.6 cm³/mol. The summed E-state index contributed by atoms with van der Waals surface area (Å²) in [5, 5.41) is 9.78. The van der Waals surface area contributed by atoms with E-state index in [4.69, 9.17) is 0 Å². The van der Waals surface area contributed by atoms with Gasteiger partial charge in [-0.25, -0.2) is 0 Å². The number of aromatic nitrogens is 2. The molecule has 0 radical (unpaired) electrons. The highest BCUT2D eigenvalue weighted by atomic mass is 16.1. The number of rotatable bonds is 5. The Bertz CT molecular complexity index is 382. The smallest absolute Gasteiger partial charge is 0.271 e. The zero-order valence-corrected chi connectivity index (χ0v) is 11.0. The molecule has 0 aromatic carbocycles. The maximum atomic E-state index is 11.8. The van der Waals surface area contributed by atoms with Crippen LogP contribution in [0.4, 0.5) is 0 Å². The first-order chi connectivity index (χ1) is 8.79. The Balaban J connectivity index is 1.70. The summed E-state index contributed by atoms with van der Waals surface area (Å²) in [7, 11) is 0. The summed E-state index contributed by atoms with van der Waals surface area (Å²) in [4.78, 5) is 14.2. The number of hydrogen-bond donors (Lipinski definition) is 2. The molecule has 1 saturated heterocycles. The van der Waals surface area contributed by atoms with Gasteiger partial charge in [-0.2, -0.15) is 5.10 Å². The second-order valence-corrected chi connectivity index (χ2v) is 4.79. The molecule has 0 saturated carbocycles. The van der Waals surface area contributed by atoms with Gasteiger partial charge in [0.15, 0.2) is 0 Å². The Labute approximate surface area is 108 Å². The van der Waals surface area contributed by atoms with Crippen molar-refractivity contribution in [1.82, 2.24) is 20.4 Å². The first-order valence-electron chi connectivity index (χ1n) is 6.84. The number of nitrogens with one attached hydrogen (secondary N) is 2. The highest BCUT2D eigenvalue weighted by Gasteiger charge is 2.12. The molecule has 100 valence electrons. The third-order valence-corrected chi connectivity index (χ3v) is 3.41. The summed E-state index contributed by atoms with van der Waals surface area (Å²) >= 11 is 0. The molecule has 0 aliphatic carbocycles. The first-order valence-corrected chi connectivity index (χ1v) is 6.84. The fourth-order valence-electron chi connectivity index (χ4n) is 2.26. The summed E-state index contributed by atoms with van der Waals surface area (Å²) in [6.45, 7) is 6.01. The van der Waals surface area contributed by atoms with Crippen LogP contribution in [0.5, 0.6) is 0 Å². The lowest BCUT2D eigenvalue weighted by atomic mass is 10.1. The minimum atomic E-state index is -0.0806. The minimum Gasteiger partial charge on any atom is -0.349 e. The highest BCUT2D eigenvalue weighted by molar-refractivity contribution is 5.92. The molecule has 5 nitrogen and oxygen atoms in total. The summed E-state index contributed by atoms with van der Waals surface area (Å²) in [5.41, 5.74) is 1.49.